The highest BCUT2D eigenvalue weighted by Gasteiger charge is 2.30. The smallest absolute Gasteiger partial charge is 0.0494 e. The number of hydrogen-bond donors (Lipinski definition) is 0. The second-order valence-corrected chi connectivity index (χ2v) is 7.75. The minimum Gasteiger partial charge on any atom is -0.381 e. The first-order chi connectivity index (χ1) is 10.8. The number of rotatable bonds is 8. The average molecular weight is 307 g/mol. The van der Waals surface area contributed by atoms with Crippen LogP contribution >= 0.6 is 0 Å². The number of ether oxygens (including phenoxy) is 1. The van der Waals surface area contributed by atoms with Gasteiger partial charge < -0.3 is 4.74 Å². The van der Waals surface area contributed by atoms with Gasteiger partial charge in [0, 0.05) is 13.2 Å². The van der Waals surface area contributed by atoms with Crippen LogP contribution in [0.25, 0.3) is 0 Å². The summed E-state index contributed by atoms with van der Waals surface area (Å²) in [4.78, 5) is 0. The molecule has 1 nitrogen and oxygen atoms in total. The van der Waals surface area contributed by atoms with Crippen LogP contribution in [-0.4, -0.2) is 13.2 Å². The molecular weight excluding hydrogens is 268 g/mol. The summed E-state index contributed by atoms with van der Waals surface area (Å²) < 4.78 is 5.76. The lowest BCUT2D eigenvalue weighted by molar-refractivity contribution is 0.0662. The Bertz CT molecular complexity index is 293. The molecule has 0 aromatic heterocycles. The molecule has 0 aliphatic heterocycles. The molecule has 0 aromatic rings. The molecule has 0 bridgehead atoms. The van der Waals surface area contributed by atoms with Gasteiger partial charge in [0.25, 0.3) is 0 Å². The van der Waals surface area contributed by atoms with E-state index in [0.29, 0.717) is 0 Å². The maximum absolute atomic E-state index is 5.76. The van der Waals surface area contributed by atoms with Crippen LogP contribution in [0, 0.1) is 23.7 Å². The molecule has 1 heteroatoms. The van der Waals surface area contributed by atoms with Crippen LogP contribution in [0.15, 0.2) is 12.2 Å². The van der Waals surface area contributed by atoms with E-state index in [0.717, 1.165) is 43.3 Å². The van der Waals surface area contributed by atoms with Crippen molar-refractivity contribution in [2.24, 2.45) is 23.7 Å². The Kier molecular flexibility index (Phi) is 8.59. The van der Waals surface area contributed by atoms with Crippen LogP contribution in [0.4, 0.5) is 0 Å². The minimum absolute atomic E-state index is 0.858. The highest BCUT2D eigenvalue weighted by molar-refractivity contribution is 4.92. The van der Waals surface area contributed by atoms with Gasteiger partial charge in [-0.1, -0.05) is 32.4 Å². The van der Waals surface area contributed by atoms with Gasteiger partial charge in [0.1, 0.15) is 0 Å². The van der Waals surface area contributed by atoms with E-state index < -0.39 is 0 Å². The Balaban J connectivity index is 1.62. The molecule has 2 fully saturated rings. The van der Waals surface area contributed by atoms with Crippen molar-refractivity contribution in [1.29, 1.82) is 0 Å². The molecule has 2 rings (SSSR count). The quantitative estimate of drug-likeness (QED) is 0.373. The van der Waals surface area contributed by atoms with Gasteiger partial charge in [-0.25, -0.2) is 0 Å². The van der Waals surface area contributed by atoms with Crippen LogP contribution in [0.5, 0.6) is 0 Å². The topological polar surface area (TPSA) is 9.23 Å². The lowest BCUT2D eigenvalue weighted by Gasteiger charge is -2.37. The van der Waals surface area contributed by atoms with E-state index >= 15 is 0 Å². The molecular formula is C21H38O. The van der Waals surface area contributed by atoms with E-state index in [1.165, 1.54) is 64.2 Å². The zero-order valence-corrected chi connectivity index (χ0v) is 15.1. The third-order valence-corrected chi connectivity index (χ3v) is 5.94. The summed E-state index contributed by atoms with van der Waals surface area (Å²) in [6, 6.07) is 0. The van der Waals surface area contributed by atoms with Crippen molar-refractivity contribution in [2.45, 2.75) is 84.5 Å². The Hall–Kier alpha value is -0.300. The minimum atomic E-state index is 0.858. The predicted molar refractivity (Wildman–Crippen MR) is 96.1 cm³/mol. The summed E-state index contributed by atoms with van der Waals surface area (Å²) in [6.07, 6.45) is 20.3. The van der Waals surface area contributed by atoms with E-state index in [9.17, 15) is 0 Å². The van der Waals surface area contributed by atoms with Gasteiger partial charge >= 0.3 is 0 Å². The highest BCUT2D eigenvalue weighted by Crippen LogP contribution is 2.41. The van der Waals surface area contributed by atoms with E-state index in [1.54, 1.807) is 0 Å². The SMILES string of the molecule is CCC/C=C/[C@H]1CC[C@H](C2CCC(COCCC)CC2)CC1. The van der Waals surface area contributed by atoms with Gasteiger partial charge in [0.2, 0.25) is 0 Å². The predicted octanol–water partition coefficient (Wildman–Crippen LogP) is 6.38. The molecule has 0 spiro atoms. The fraction of sp³-hybridized carbons (Fsp3) is 0.905. The van der Waals surface area contributed by atoms with Crippen LogP contribution in [-0.2, 0) is 4.74 Å². The second-order valence-electron chi connectivity index (χ2n) is 7.75. The second kappa shape index (κ2) is 10.5. The number of unbranched alkanes of at least 4 members (excludes halogenated alkanes) is 1. The van der Waals surface area contributed by atoms with Crippen LogP contribution < -0.4 is 0 Å². The maximum Gasteiger partial charge on any atom is 0.0494 e. The summed E-state index contributed by atoms with van der Waals surface area (Å²) >= 11 is 0. The van der Waals surface area contributed by atoms with Gasteiger partial charge in [0.15, 0.2) is 0 Å². The molecule has 0 heterocycles. The molecule has 0 unspecified atom stereocenters. The Morgan fingerprint density at radius 3 is 2.05 bits per heavy atom. The van der Waals surface area contributed by atoms with Gasteiger partial charge in [-0.2, -0.15) is 0 Å². The van der Waals surface area contributed by atoms with E-state index in [1.807, 2.05) is 0 Å². The van der Waals surface area contributed by atoms with Gasteiger partial charge in [-0.15, -0.1) is 0 Å². The normalized spacial score (nSPS) is 33.4. The molecule has 0 atom stereocenters. The summed E-state index contributed by atoms with van der Waals surface area (Å²) in [7, 11) is 0. The summed E-state index contributed by atoms with van der Waals surface area (Å²) in [5, 5.41) is 0. The van der Waals surface area contributed by atoms with E-state index in [2.05, 4.69) is 26.0 Å². The van der Waals surface area contributed by atoms with E-state index in [-0.39, 0.29) is 0 Å². The number of allylic oxidation sites excluding steroid dienone is 2. The Morgan fingerprint density at radius 1 is 0.818 bits per heavy atom. The molecule has 0 amide bonds. The molecule has 2 aliphatic rings. The first-order valence-electron chi connectivity index (χ1n) is 10.1. The Morgan fingerprint density at radius 2 is 1.45 bits per heavy atom. The zero-order valence-electron chi connectivity index (χ0n) is 15.1. The lowest BCUT2D eigenvalue weighted by atomic mass is 9.69. The monoisotopic (exact) mass is 306 g/mol. The summed E-state index contributed by atoms with van der Waals surface area (Å²) in [6.45, 7) is 6.45. The Labute approximate surface area is 138 Å². The van der Waals surface area contributed by atoms with Crippen molar-refractivity contribution < 1.29 is 4.74 Å². The van der Waals surface area contributed by atoms with Crippen molar-refractivity contribution in [3.8, 4) is 0 Å². The third kappa shape index (κ3) is 6.07. The van der Waals surface area contributed by atoms with Crippen LogP contribution in [0.1, 0.15) is 84.5 Å². The first-order valence-corrected chi connectivity index (χ1v) is 10.1. The molecule has 0 N–H and O–H groups in total. The molecule has 128 valence electrons. The maximum atomic E-state index is 5.76. The van der Waals surface area contributed by atoms with Crippen molar-refractivity contribution in [1.82, 2.24) is 0 Å². The van der Waals surface area contributed by atoms with Crippen molar-refractivity contribution >= 4 is 0 Å². The fourth-order valence-corrected chi connectivity index (χ4v) is 4.48. The average Bonchev–Trinajstić information content (AvgIpc) is 2.57. The van der Waals surface area contributed by atoms with Gasteiger partial charge in [-0.3, -0.25) is 0 Å². The molecule has 22 heavy (non-hydrogen) atoms. The van der Waals surface area contributed by atoms with Crippen molar-refractivity contribution in [2.75, 3.05) is 13.2 Å². The summed E-state index contributed by atoms with van der Waals surface area (Å²) in [5.74, 6) is 3.81. The fourth-order valence-electron chi connectivity index (χ4n) is 4.48. The lowest BCUT2D eigenvalue weighted by Crippen LogP contribution is -2.26. The van der Waals surface area contributed by atoms with Crippen molar-refractivity contribution in [3.05, 3.63) is 12.2 Å². The van der Waals surface area contributed by atoms with Crippen molar-refractivity contribution in [3.63, 3.8) is 0 Å². The first kappa shape index (κ1) is 18.0. The van der Waals surface area contributed by atoms with Crippen LogP contribution in [0.2, 0.25) is 0 Å². The summed E-state index contributed by atoms with van der Waals surface area (Å²) in [5.41, 5.74) is 0. The standard InChI is InChI=1S/C21H38O/c1-3-5-6-7-18-8-12-20(13-9-18)21-14-10-19(11-15-21)17-22-16-4-2/h6-7,18-21H,3-5,8-17H2,1-2H3/b7-6+/t18-,19?,20-,21?. The zero-order chi connectivity index (χ0) is 15.6. The largest absolute Gasteiger partial charge is 0.381 e. The molecule has 2 saturated carbocycles. The van der Waals surface area contributed by atoms with Gasteiger partial charge in [0.05, 0.1) is 0 Å². The van der Waals surface area contributed by atoms with Gasteiger partial charge in [-0.05, 0) is 87.9 Å². The molecule has 2 aliphatic carbocycles. The third-order valence-electron chi connectivity index (χ3n) is 5.94. The number of hydrogen-bond acceptors (Lipinski definition) is 1. The van der Waals surface area contributed by atoms with E-state index in [4.69, 9.17) is 4.74 Å². The molecule has 0 radical (unpaired) electrons. The highest BCUT2D eigenvalue weighted by atomic mass is 16.5. The molecule has 0 aromatic carbocycles. The molecule has 0 saturated heterocycles. The van der Waals surface area contributed by atoms with Crippen LogP contribution in [0.3, 0.4) is 0 Å².